The first kappa shape index (κ1) is 18.5. The van der Waals surface area contributed by atoms with Crippen LogP contribution in [0.25, 0.3) is 11.1 Å². The molecule has 0 spiro atoms. The van der Waals surface area contributed by atoms with E-state index >= 15 is 0 Å². The molecule has 3 rings (SSSR count). The normalized spacial score (nSPS) is 10.8. The summed E-state index contributed by atoms with van der Waals surface area (Å²) in [6, 6.07) is 11.5. The summed E-state index contributed by atoms with van der Waals surface area (Å²) in [5.41, 5.74) is 2.17. The lowest BCUT2D eigenvalue weighted by Crippen LogP contribution is -1.96. The Morgan fingerprint density at radius 2 is 1.62 bits per heavy atom. The largest absolute Gasteiger partial charge is 0.508 e. The van der Waals surface area contributed by atoms with E-state index in [-0.39, 0.29) is 11.3 Å². The van der Waals surface area contributed by atoms with Gasteiger partial charge >= 0.3 is 0 Å². The number of methoxy groups -OCH3 is 1. The van der Waals surface area contributed by atoms with Gasteiger partial charge in [-0.1, -0.05) is 29.3 Å². The summed E-state index contributed by atoms with van der Waals surface area (Å²) in [6.45, 7) is 0. The summed E-state index contributed by atoms with van der Waals surface area (Å²) in [4.78, 5) is 0. The lowest BCUT2D eigenvalue weighted by Gasteiger charge is -2.13. The van der Waals surface area contributed by atoms with Gasteiger partial charge in [-0.2, -0.15) is 0 Å². The molecule has 0 saturated carbocycles. The zero-order valence-electron chi connectivity index (χ0n) is 13.7. The highest BCUT2D eigenvalue weighted by Crippen LogP contribution is 2.36. The Labute approximate surface area is 159 Å². The molecule has 26 heavy (non-hydrogen) atoms. The zero-order chi connectivity index (χ0) is 18.8. The fraction of sp³-hybridized carbons (Fsp3) is 0.100. The average Bonchev–Trinajstić information content (AvgIpc) is 2.58. The molecule has 3 aromatic rings. The van der Waals surface area contributed by atoms with E-state index in [1.165, 1.54) is 31.4 Å². The number of hydrogen-bond acceptors (Lipinski definition) is 2. The summed E-state index contributed by atoms with van der Waals surface area (Å²) < 4.78 is 32.7. The van der Waals surface area contributed by atoms with Gasteiger partial charge in [0.25, 0.3) is 0 Å². The van der Waals surface area contributed by atoms with Crippen LogP contribution in [0.2, 0.25) is 10.0 Å². The minimum atomic E-state index is -0.679. The number of phenols is 1. The van der Waals surface area contributed by atoms with Gasteiger partial charge < -0.3 is 9.84 Å². The minimum absolute atomic E-state index is 0.0208. The summed E-state index contributed by atoms with van der Waals surface area (Å²) in [7, 11) is 1.48. The van der Waals surface area contributed by atoms with Crippen LogP contribution < -0.4 is 4.74 Å². The van der Waals surface area contributed by atoms with Crippen molar-refractivity contribution >= 4 is 23.2 Å². The van der Waals surface area contributed by atoms with E-state index in [1.807, 2.05) is 6.07 Å². The van der Waals surface area contributed by atoms with Crippen LogP contribution in [-0.2, 0) is 6.42 Å². The molecule has 0 aromatic heterocycles. The molecule has 0 aliphatic rings. The molecule has 0 unspecified atom stereocenters. The van der Waals surface area contributed by atoms with Crippen molar-refractivity contribution in [3.8, 4) is 22.6 Å². The highest BCUT2D eigenvalue weighted by Gasteiger charge is 2.15. The van der Waals surface area contributed by atoms with Crippen molar-refractivity contribution < 1.29 is 18.6 Å². The Morgan fingerprint density at radius 1 is 0.923 bits per heavy atom. The fourth-order valence-electron chi connectivity index (χ4n) is 2.75. The van der Waals surface area contributed by atoms with Gasteiger partial charge in [-0.25, -0.2) is 8.78 Å². The van der Waals surface area contributed by atoms with Crippen molar-refractivity contribution in [1.82, 2.24) is 0 Å². The van der Waals surface area contributed by atoms with Crippen molar-refractivity contribution in [3.05, 3.63) is 81.3 Å². The maximum atomic E-state index is 14.2. The summed E-state index contributed by atoms with van der Waals surface area (Å²) in [5, 5.41) is 10.2. The first-order chi connectivity index (χ1) is 12.4. The number of phenolic OH excluding ortho intramolecular Hbond substituents is 1. The van der Waals surface area contributed by atoms with Crippen molar-refractivity contribution in [2.45, 2.75) is 6.42 Å². The van der Waals surface area contributed by atoms with E-state index in [0.717, 1.165) is 11.6 Å². The molecule has 0 heterocycles. The topological polar surface area (TPSA) is 29.5 Å². The smallest absolute Gasteiger partial charge is 0.134 e. The van der Waals surface area contributed by atoms with Gasteiger partial charge in [-0.05, 0) is 47.5 Å². The van der Waals surface area contributed by atoms with Gasteiger partial charge in [0.2, 0.25) is 0 Å². The number of benzene rings is 3. The van der Waals surface area contributed by atoms with Crippen LogP contribution in [0, 0.1) is 11.6 Å². The molecule has 0 bridgehead atoms. The monoisotopic (exact) mass is 394 g/mol. The van der Waals surface area contributed by atoms with Gasteiger partial charge in [0.1, 0.15) is 23.1 Å². The molecule has 0 radical (unpaired) electrons. The maximum Gasteiger partial charge on any atom is 0.134 e. The van der Waals surface area contributed by atoms with Crippen molar-refractivity contribution in [3.63, 3.8) is 0 Å². The van der Waals surface area contributed by atoms with E-state index < -0.39 is 11.6 Å². The second-order valence-electron chi connectivity index (χ2n) is 5.72. The first-order valence-electron chi connectivity index (χ1n) is 7.68. The second-order valence-corrected chi connectivity index (χ2v) is 6.54. The molecular formula is C20H14Cl2F2O2. The Morgan fingerprint density at radius 3 is 2.23 bits per heavy atom. The van der Waals surface area contributed by atoms with Crippen molar-refractivity contribution in [2.75, 3.05) is 7.11 Å². The van der Waals surface area contributed by atoms with Crippen LogP contribution in [0.1, 0.15) is 11.1 Å². The van der Waals surface area contributed by atoms with E-state index in [0.29, 0.717) is 33.3 Å². The maximum absolute atomic E-state index is 14.2. The molecule has 3 aromatic carbocycles. The molecule has 0 amide bonds. The Balaban J connectivity index is 2.06. The van der Waals surface area contributed by atoms with Crippen LogP contribution in [0.4, 0.5) is 8.78 Å². The number of aromatic hydroxyl groups is 1. The zero-order valence-corrected chi connectivity index (χ0v) is 15.2. The van der Waals surface area contributed by atoms with E-state index in [9.17, 15) is 13.9 Å². The van der Waals surface area contributed by atoms with Gasteiger partial charge in [-0.3, -0.25) is 0 Å². The molecule has 2 nitrogen and oxygen atoms in total. The Bertz CT molecular complexity index is 951. The highest BCUT2D eigenvalue weighted by atomic mass is 35.5. The van der Waals surface area contributed by atoms with Crippen LogP contribution >= 0.6 is 23.2 Å². The molecule has 0 fully saturated rings. The van der Waals surface area contributed by atoms with Crippen LogP contribution in [0.3, 0.4) is 0 Å². The first-order valence-corrected chi connectivity index (χ1v) is 8.44. The fourth-order valence-corrected chi connectivity index (χ4v) is 3.36. The lowest BCUT2D eigenvalue weighted by atomic mass is 9.97. The lowest BCUT2D eigenvalue weighted by molar-refractivity contribution is 0.416. The van der Waals surface area contributed by atoms with Crippen molar-refractivity contribution in [2.24, 2.45) is 0 Å². The summed E-state index contributed by atoms with van der Waals surface area (Å²) >= 11 is 12.3. The Kier molecular flexibility index (Phi) is 5.35. The number of ether oxygens (including phenoxy) is 1. The SMILES string of the molecule is COc1ccc(Cc2c(Cl)cc(O)cc2Cl)cc1-c1ccc(F)cc1F. The van der Waals surface area contributed by atoms with Gasteiger partial charge in [0.15, 0.2) is 0 Å². The standard InChI is InChI=1S/C20H14Cl2F2O2/c1-26-20-5-2-11(7-16-17(21)9-13(25)10-18(16)22)6-15(20)14-4-3-12(23)8-19(14)24/h2-6,8-10,25H,7H2,1H3. The molecule has 0 saturated heterocycles. The molecule has 0 atom stereocenters. The predicted octanol–water partition coefficient (Wildman–Crippen LogP) is 6.24. The van der Waals surface area contributed by atoms with E-state index in [1.54, 1.807) is 12.1 Å². The molecule has 0 aliphatic carbocycles. The van der Waals surface area contributed by atoms with Gasteiger partial charge in [0, 0.05) is 33.7 Å². The summed E-state index contributed by atoms with van der Waals surface area (Å²) in [6.07, 6.45) is 0.373. The van der Waals surface area contributed by atoms with Crippen LogP contribution in [0.15, 0.2) is 48.5 Å². The van der Waals surface area contributed by atoms with Crippen molar-refractivity contribution in [1.29, 1.82) is 0 Å². The third-order valence-corrected chi connectivity index (χ3v) is 4.67. The minimum Gasteiger partial charge on any atom is -0.508 e. The van der Waals surface area contributed by atoms with E-state index in [4.69, 9.17) is 27.9 Å². The predicted molar refractivity (Wildman–Crippen MR) is 99.3 cm³/mol. The number of rotatable bonds is 4. The number of halogens is 4. The molecular weight excluding hydrogens is 381 g/mol. The highest BCUT2D eigenvalue weighted by molar-refractivity contribution is 6.36. The third kappa shape index (κ3) is 3.76. The quantitative estimate of drug-likeness (QED) is 0.566. The van der Waals surface area contributed by atoms with E-state index in [2.05, 4.69) is 0 Å². The average molecular weight is 395 g/mol. The summed E-state index contributed by atoms with van der Waals surface area (Å²) in [5.74, 6) is -0.889. The van der Waals surface area contributed by atoms with Crippen LogP contribution in [0.5, 0.6) is 11.5 Å². The number of hydrogen-bond donors (Lipinski definition) is 1. The van der Waals surface area contributed by atoms with Crippen LogP contribution in [-0.4, -0.2) is 12.2 Å². The third-order valence-electron chi connectivity index (χ3n) is 3.99. The molecule has 0 aliphatic heterocycles. The molecule has 1 N–H and O–H groups in total. The second kappa shape index (κ2) is 7.52. The molecule has 6 heteroatoms. The van der Waals surface area contributed by atoms with Gasteiger partial charge in [0.05, 0.1) is 7.11 Å². The Hall–Kier alpha value is -2.30. The van der Waals surface area contributed by atoms with Gasteiger partial charge in [-0.15, -0.1) is 0 Å². The molecule has 134 valence electrons.